The highest BCUT2D eigenvalue weighted by molar-refractivity contribution is 6.39. The fourth-order valence-electron chi connectivity index (χ4n) is 6.86. The van der Waals surface area contributed by atoms with Crippen molar-refractivity contribution in [3.05, 3.63) is 100 Å². The molecule has 0 bridgehead atoms. The fraction of sp³-hybridized carbons (Fsp3) is 0.333. The first-order valence-electron chi connectivity index (χ1n) is 16.7. The lowest BCUT2D eigenvalue weighted by Gasteiger charge is -2.22. The number of halogens is 6. The van der Waals surface area contributed by atoms with Gasteiger partial charge in [-0.15, -0.1) is 0 Å². The summed E-state index contributed by atoms with van der Waals surface area (Å²) >= 11 is 6.05. The van der Waals surface area contributed by atoms with Crippen molar-refractivity contribution in [3.8, 4) is 6.01 Å². The number of benzene rings is 3. The van der Waals surface area contributed by atoms with E-state index in [4.69, 9.17) is 16.3 Å². The van der Waals surface area contributed by atoms with Crippen molar-refractivity contribution < 1.29 is 41.1 Å². The monoisotopic (exact) mass is 755 g/mol. The third-order valence-electron chi connectivity index (χ3n) is 9.60. The number of ether oxygens (including phenoxy) is 1. The number of hydrogen-bond donors (Lipinski definition) is 2. The fourth-order valence-corrected chi connectivity index (χ4v) is 6.98. The van der Waals surface area contributed by atoms with Gasteiger partial charge in [0.1, 0.15) is 17.5 Å². The molecule has 0 spiro atoms. The van der Waals surface area contributed by atoms with Gasteiger partial charge in [0.2, 0.25) is 5.95 Å². The molecule has 11 nitrogen and oxygen atoms in total. The number of aromatic nitrogens is 3. The Kier molecular flexibility index (Phi) is 9.65. The van der Waals surface area contributed by atoms with Gasteiger partial charge in [0, 0.05) is 77.9 Å². The Morgan fingerprint density at radius 3 is 2.06 bits per heavy atom. The van der Waals surface area contributed by atoms with Gasteiger partial charge in [0.25, 0.3) is 5.91 Å². The topological polar surface area (TPSA) is 130 Å². The number of anilines is 3. The van der Waals surface area contributed by atoms with E-state index in [-0.39, 0.29) is 53.7 Å². The van der Waals surface area contributed by atoms with E-state index >= 15 is 0 Å². The van der Waals surface area contributed by atoms with E-state index in [9.17, 15) is 36.3 Å². The number of likely N-dealkylation sites (tertiary alicyclic amines) is 2. The number of rotatable bonds is 9. The van der Waals surface area contributed by atoms with Crippen LogP contribution in [-0.2, 0) is 21.4 Å². The Morgan fingerprint density at radius 2 is 1.45 bits per heavy atom. The average Bonchev–Trinajstić information content (AvgIpc) is 3.59. The second-order valence-electron chi connectivity index (χ2n) is 13.5. The predicted octanol–water partition coefficient (Wildman–Crippen LogP) is 5.93. The average molecular weight is 756 g/mol. The number of amides is 3. The lowest BCUT2D eigenvalue weighted by Crippen LogP contribution is -2.40. The minimum absolute atomic E-state index is 0.0265. The minimum atomic E-state index is -4.60. The predicted molar refractivity (Wildman–Crippen MR) is 182 cm³/mol. The zero-order chi connectivity index (χ0) is 37.5. The van der Waals surface area contributed by atoms with Crippen molar-refractivity contribution in [1.29, 1.82) is 0 Å². The van der Waals surface area contributed by atoms with Gasteiger partial charge in [-0.3, -0.25) is 14.4 Å². The molecule has 2 unspecified atom stereocenters. The third kappa shape index (κ3) is 8.48. The molecule has 1 aliphatic carbocycles. The van der Waals surface area contributed by atoms with Crippen LogP contribution in [0.3, 0.4) is 0 Å². The van der Waals surface area contributed by atoms with E-state index in [2.05, 4.69) is 25.6 Å². The summed E-state index contributed by atoms with van der Waals surface area (Å²) in [6.07, 6.45) is -2.58. The molecular formula is C36H31ClF5N7O4. The Morgan fingerprint density at radius 1 is 0.830 bits per heavy atom. The van der Waals surface area contributed by atoms with Gasteiger partial charge in [0.15, 0.2) is 6.61 Å². The van der Waals surface area contributed by atoms with Gasteiger partial charge in [-0.25, -0.2) is 8.78 Å². The maximum Gasteiger partial charge on any atom is 0.422 e. The highest BCUT2D eigenvalue weighted by Gasteiger charge is 2.46. The van der Waals surface area contributed by atoms with Crippen molar-refractivity contribution in [3.63, 3.8) is 0 Å². The Hall–Kier alpha value is -5.38. The summed E-state index contributed by atoms with van der Waals surface area (Å²) in [5.41, 5.74) is 1.41. The lowest BCUT2D eigenvalue weighted by molar-refractivity contribution is -0.154. The zero-order valence-electron chi connectivity index (χ0n) is 27.8. The van der Waals surface area contributed by atoms with Crippen LogP contribution >= 0.6 is 11.6 Å². The number of alkyl halides is 3. The van der Waals surface area contributed by atoms with Crippen LogP contribution in [0, 0.1) is 23.5 Å². The number of carbonyl (C=O) groups excluding carboxylic acids is 3. The molecule has 3 aromatic carbocycles. The van der Waals surface area contributed by atoms with E-state index in [1.54, 1.807) is 41.3 Å². The largest absolute Gasteiger partial charge is 0.454 e. The Balaban J connectivity index is 0.970. The third-order valence-corrected chi connectivity index (χ3v) is 9.85. The SMILES string of the molecule is O=C(Nc1cc(F)cc(F)c1)C(=O)N1CC2CN(C(=O)c3ccc(Nc4nc(CC5(c6ccc(Cl)cc6)CC5)nc(OCC(F)(F)F)n4)cc3)CC2C1. The first-order valence-corrected chi connectivity index (χ1v) is 17.0. The number of nitrogens with zero attached hydrogens (tertiary/aromatic N) is 5. The number of carbonyl (C=O) groups is 3. The summed E-state index contributed by atoms with van der Waals surface area (Å²) in [6, 6.07) is 15.8. The van der Waals surface area contributed by atoms with Gasteiger partial charge in [-0.05, 0) is 66.9 Å². The normalized spacial score (nSPS) is 18.8. The van der Waals surface area contributed by atoms with Crippen LogP contribution in [0.15, 0.2) is 66.7 Å². The lowest BCUT2D eigenvalue weighted by atomic mass is 9.92. The molecule has 2 N–H and O–H groups in total. The molecule has 7 rings (SSSR count). The number of fused-ring (bicyclic) bond motifs is 1. The van der Waals surface area contributed by atoms with E-state index in [1.165, 1.54) is 4.90 Å². The number of hydrogen-bond acceptors (Lipinski definition) is 8. The second kappa shape index (κ2) is 14.2. The van der Waals surface area contributed by atoms with Crippen LogP contribution in [0.5, 0.6) is 6.01 Å². The molecule has 276 valence electrons. The smallest absolute Gasteiger partial charge is 0.422 e. The molecule has 3 amide bonds. The van der Waals surface area contributed by atoms with Crippen molar-refractivity contribution in [1.82, 2.24) is 24.8 Å². The maximum atomic E-state index is 13.5. The molecule has 4 aromatic rings. The molecule has 3 aliphatic rings. The van der Waals surface area contributed by atoms with Crippen LogP contribution < -0.4 is 15.4 Å². The molecule has 3 heterocycles. The molecule has 0 radical (unpaired) electrons. The Bertz CT molecular complexity index is 2010. The quantitative estimate of drug-likeness (QED) is 0.159. The van der Waals surface area contributed by atoms with Gasteiger partial charge in [0.05, 0.1) is 0 Å². The molecule has 53 heavy (non-hydrogen) atoms. The zero-order valence-corrected chi connectivity index (χ0v) is 28.6. The molecular weight excluding hydrogens is 725 g/mol. The molecule has 2 saturated heterocycles. The van der Waals surface area contributed by atoms with Gasteiger partial charge in [-0.1, -0.05) is 23.7 Å². The molecule has 2 aliphatic heterocycles. The van der Waals surface area contributed by atoms with E-state index in [1.807, 2.05) is 12.1 Å². The first-order chi connectivity index (χ1) is 25.2. The van der Waals surface area contributed by atoms with Crippen LogP contribution in [-0.4, -0.2) is 81.4 Å². The molecule has 1 saturated carbocycles. The van der Waals surface area contributed by atoms with Crippen molar-refractivity contribution in [2.75, 3.05) is 43.4 Å². The molecule has 2 atom stereocenters. The highest BCUT2D eigenvalue weighted by Crippen LogP contribution is 2.50. The molecule has 17 heteroatoms. The van der Waals surface area contributed by atoms with Crippen molar-refractivity contribution in [2.24, 2.45) is 11.8 Å². The van der Waals surface area contributed by atoms with E-state index in [0.29, 0.717) is 41.9 Å². The first kappa shape index (κ1) is 36.0. The van der Waals surface area contributed by atoms with Crippen LogP contribution in [0.1, 0.15) is 34.6 Å². The summed E-state index contributed by atoms with van der Waals surface area (Å²) < 4.78 is 70.8. The van der Waals surface area contributed by atoms with E-state index < -0.39 is 42.2 Å². The summed E-state index contributed by atoms with van der Waals surface area (Å²) in [6.45, 7) is -0.379. The highest BCUT2D eigenvalue weighted by atomic mass is 35.5. The van der Waals surface area contributed by atoms with E-state index in [0.717, 1.165) is 30.5 Å². The summed E-state index contributed by atoms with van der Waals surface area (Å²) in [7, 11) is 0. The molecule has 1 aromatic heterocycles. The van der Waals surface area contributed by atoms with Crippen LogP contribution in [0.25, 0.3) is 0 Å². The van der Waals surface area contributed by atoms with Gasteiger partial charge < -0.3 is 25.2 Å². The van der Waals surface area contributed by atoms with Gasteiger partial charge in [-0.2, -0.15) is 28.1 Å². The number of nitrogens with one attached hydrogen (secondary N) is 2. The Labute approximate surface area is 304 Å². The van der Waals surface area contributed by atoms with Crippen molar-refractivity contribution >= 4 is 46.6 Å². The standard InChI is InChI=1S/C36H31ClF5N7O4/c37-24-5-3-23(4-6-24)35(9-10-35)14-29-45-33(47-34(46-29)53-19-36(40,41)42)44-27-7-1-20(2-8-27)31(51)48-15-21-17-49(18-22(21)16-48)32(52)30(50)43-28-12-25(38)11-26(39)13-28/h1-8,11-13,21-22H,9-10,14-19H2,(H,43,50)(H,44,45,46,47). The van der Waals surface area contributed by atoms with Crippen molar-refractivity contribution in [2.45, 2.75) is 30.9 Å². The molecule has 3 fully saturated rings. The second-order valence-corrected chi connectivity index (χ2v) is 13.9. The van der Waals surface area contributed by atoms with Crippen LogP contribution in [0.2, 0.25) is 5.02 Å². The van der Waals surface area contributed by atoms with Crippen LogP contribution in [0.4, 0.5) is 39.3 Å². The summed E-state index contributed by atoms with van der Waals surface area (Å²) in [5.74, 6) is -3.77. The van der Waals surface area contributed by atoms with Gasteiger partial charge >= 0.3 is 24.0 Å². The summed E-state index contributed by atoms with van der Waals surface area (Å²) in [5, 5.41) is 5.79. The summed E-state index contributed by atoms with van der Waals surface area (Å²) in [4.78, 5) is 54.4. The maximum absolute atomic E-state index is 13.5. The minimum Gasteiger partial charge on any atom is -0.454 e.